The van der Waals surface area contributed by atoms with Crippen LogP contribution in [0.5, 0.6) is 5.75 Å². The molecule has 0 spiro atoms. The molecule has 1 aliphatic heterocycles. The zero-order valence-corrected chi connectivity index (χ0v) is 22.3. The van der Waals surface area contributed by atoms with E-state index in [1.165, 1.54) is 5.57 Å². The van der Waals surface area contributed by atoms with Gasteiger partial charge < -0.3 is 4.74 Å². The largest absolute Gasteiger partial charge is 0.497 e. The summed E-state index contributed by atoms with van der Waals surface area (Å²) in [6.07, 6.45) is 7.46. The molecule has 0 N–H and O–H groups in total. The Morgan fingerprint density at radius 2 is 1.57 bits per heavy atom. The first-order chi connectivity index (χ1) is 17.9. The van der Waals surface area contributed by atoms with Crippen LogP contribution in [0.3, 0.4) is 0 Å². The Morgan fingerprint density at radius 3 is 2.22 bits per heavy atom. The van der Waals surface area contributed by atoms with Crippen molar-refractivity contribution in [1.82, 2.24) is 5.01 Å². The van der Waals surface area contributed by atoms with Crippen molar-refractivity contribution in [2.45, 2.75) is 25.8 Å². The average Bonchev–Trinajstić information content (AvgIpc) is 3.29. The summed E-state index contributed by atoms with van der Waals surface area (Å²) in [4.78, 5) is 13.6. The molecule has 3 atom stereocenters. The maximum absolute atomic E-state index is 13.6. The van der Waals surface area contributed by atoms with Gasteiger partial charge in [0.05, 0.1) is 18.9 Å². The lowest BCUT2D eigenvalue weighted by molar-refractivity contribution is -0.128. The lowest BCUT2D eigenvalue weighted by Crippen LogP contribution is -2.32. The Hall–Kier alpha value is -3.34. The van der Waals surface area contributed by atoms with Gasteiger partial charge in [-0.25, -0.2) is 5.01 Å². The molecule has 3 aromatic rings. The summed E-state index contributed by atoms with van der Waals surface area (Å²) in [7, 11) is 1.63. The van der Waals surface area contributed by atoms with Crippen LogP contribution in [0, 0.1) is 11.8 Å². The number of methoxy groups -OCH3 is 1. The topological polar surface area (TPSA) is 41.9 Å². The van der Waals surface area contributed by atoms with Gasteiger partial charge >= 0.3 is 0 Å². The number of nitrogens with zero attached hydrogens (tertiary/aromatic N) is 2. The molecule has 5 rings (SSSR count). The van der Waals surface area contributed by atoms with Gasteiger partial charge in [-0.1, -0.05) is 66.5 Å². The van der Waals surface area contributed by atoms with Crippen LogP contribution >= 0.6 is 23.2 Å². The van der Waals surface area contributed by atoms with Crippen molar-refractivity contribution >= 4 is 47.0 Å². The third-order valence-electron chi connectivity index (χ3n) is 6.95. The van der Waals surface area contributed by atoms with E-state index in [1.54, 1.807) is 18.2 Å². The Kier molecular flexibility index (Phi) is 7.50. The number of fused-ring (bicyclic) bond motifs is 1. The molecule has 0 bridgehead atoms. The van der Waals surface area contributed by atoms with Crippen molar-refractivity contribution in [2.24, 2.45) is 16.9 Å². The Bertz CT molecular complexity index is 1360. The lowest BCUT2D eigenvalue weighted by Gasteiger charge is -2.32. The first kappa shape index (κ1) is 25.3. The number of hydrazone groups is 1. The van der Waals surface area contributed by atoms with Gasteiger partial charge in [0.1, 0.15) is 5.75 Å². The van der Waals surface area contributed by atoms with Gasteiger partial charge in [-0.3, -0.25) is 4.79 Å². The zero-order chi connectivity index (χ0) is 25.9. The van der Waals surface area contributed by atoms with Gasteiger partial charge in [-0.05, 0) is 89.6 Å². The number of halogens is 2. The van der Waals surface area contributed by atoms with Crippen LogP contribution in [-0.2, 0) is 4.79 Å². The first-order valence-electron chi connectivity index (χ1n) is 12.4. The van der Waals surface area contributed by atoms with Gasteiger partial charge in [-0.2, -0.15) is 5.10 Å². The normalized spacial score (nSPS) is 22.3. The van der Waals surface area contributed by atoms with Crippen LogP contribution in [0.4, 0.5) is 0 Å². The van der Waals surface area contributed by atoms with Crippen LogP contribution in [-0.4, -0.2) is 23.7 Å². The van der Waals surface area contributed by atoms with Gasteiger partial charge in [0.25, 0.3) is 5.91 Å². The Balaban J connectivity index is 1.51. The summed E-state index contributed by atoms with van der Waals surface area (Å²) in [5.41, 5.74) is 5.17. The van der Waals surface area contributed by atoms with E-state index in [1.807, 2.05) is 78.9 Å². The van der Waals surface area contributed by atoms with E-state index >= 15 is 0 Å². The molecular formula is C31H28Cl2N2O2. The predicted octanol–water partition coefficient (Wildman–Crippen LogP) is 8.08. The number of carbonyl (C=O) groups is 1. The minimum atomic E-state index is -0.198. The molecule has 2 aliphatic rings. The average molecular weight is 531 g/mol. The van der Waals surface area contributed by atoms with Crippen molar-refractivity contribution in [3.63, 3.8) is 0 Å². The summed E-state index contributed by atoms with van der Waals surface area (Å²) in [5, 5.41) is 7.99. The molecular weight excluding hydrogens is 503 g/mol. The molecule has 0 radical (unpaired) electrons. The fraction of sp³-hybridized carbons (Fsp3) is 0.226. The molecule has 6 heteroatoms. The van der Waals surface area contributed by atoms with Crippen molar-refractivity contribution < 1.29 is 9.53 Å². The number of amides is 1. The fourth-order valence-electron chi connectivity index (χ4n) is 5.18. The van der Waals surface area contributed by atoms with E-state index in [0.717, 1.165) is 41.0 Å². The van der Waals surface area contributed by atoms with E-state index in [0.29, 0.717) is 16.0 Å². The second-order valence-electron chi connectivity index (χ2n) is 9.64. The van der Waals surface area contributed by atoms with Gasteiger partial charge in [0.2, 0.25) is 0 Å². The predicted molar refractivity (Wildman–Crippen MR) is 152 cm³/mol. The molecule has 1 aliphatic carbocycles. The minimum absolute atomic E-state index is 0.0989. The monoisotopic (exact) mass is 530 g/mol. The van der Waals surface area contributed by atoms with E-state index in [-0.39, 0.29) is 17.9 Å². The molecule has 37 heavy (non-hydrogen) atoms. The van der Waals surface area contributed by atoms with Crippen LogP contribution in [0.2, 0.25) is 10.0 Å². The SMILES string of the molecule is COc1ccc(/C=C\C(=O)N2N=C3/C(=C\c4ccc(Cl)cc4)CC(C)CC3C2c2ccc(Cl)cc2)cc1. The number of rotatable bonds is 5. The molecule has 3 aromatic carbocycles. The summed E-state index contributed by atoms with van der Waals surface area (Å²) in [5.74, 6) is 1.18. The molecule has 1 fully saturated rings. The van der Waals surface area contributed by atoms with Crippen LogP contribution < -0.4 is 4.74 Å². The van der Waals surface area contributed by atoms with Crippen molar-refractivity contribution in [3.8, 4) is 5.75 Å². The third kappa shape index (κ3) is 5.66. The van der Waals surface area contributed by atoms with Gasteiger partial charge in [0, 0.05) is 22.0 Å². The number of hydrogen-bond donors (Lipinski definition) is 0. The molecule has 0 saturated heterocycles. The summed E-state index contributed by atoms with van der Waals surface area (Å²) >= 11 is 12.3. The zero-order valence-electron chi connectivity index (χ0n) is 20.8. The Labute approximate surface area is 227 Å². The number of carbonyl (C=O) groups excluding carboxylic acids is 1. The number of allylic oxidation sites excluding steroid dienone is 1. The quantitative estimate of drug-likeness (QED) is 0.312. The van der Waals surface area contributed by atoms with Crippen LogP contribution in [0.1, 0.15) is 42.5 Å². The van der Waals surface area contributed by atoms with E-state index < -0.39 is 0 Å². The third-order valence-corrected chi connectivity index (χ3v) is 7.45. The highest BCUT2D eigenvalue weighted by Gasteiger charge is 2.44. The van der Waals surface area contributed by atoms with Crippen LogP contribution in [0.25, 0.3) is 12.2 Å². The molecule has 1 heterocycles. The number of benzene rings is 3. The second kappa shape index (κ2) is 11.0. The molecule has 188 valence electrons. The summed E-state index contributed by atoms with van der Waals surface area (Å²) < 4.78 is 5.23. The maximum Gasteiger partial charge on any atom is 0.267 e. The first-order valence-corrected chi connectivity index (χ1v) is 13.1. The van der Waals surface area contributed by atoms with E-state index in [2.05, 4.69) is 13.0 Å². The standard InChI is InChI=1S/C31H28Cl2N2O2/c1-20-17-24(19-22-3-10-25(32)11-4-22)30-28(18-20)31(23-8-12-26(33)13-9-23)35(34-30)29(36)16-7-21-5-14-27(37-2)15-6-21/h3-16,19-20,28,31H,17-18H2,1-2H3/b16-7-,24-19-. The van der Waals surface area contributed by atoms with Crippen molar-refractivity contribution in [1.29, 1.82) is 0 Å². The highest BCUT2D eigenvalue weighted by atomic mass is 35.5. The minimum Gasteiger partial charge on any atom is -0.497 e. The van der Waals surface area contributed by atoms with Gasteiger partial charge in [0.15, 0.2) is 0 Å². The Morgan fingerprint density at radius 1 is 0.946 bits per heavy atom. The summed E-state index contributed by atoms with van der Waals surface area (Å²) in [6.45, 7) is 2.26. The molecule has 1 saturated carbocycles. The van der Waals surface area contributed by atoms with E-state index in [9.17, 15) is 4.79 Å². The molecule has 1 amide bonds. The molecule has 4 nitrogen and oxygen atoms in total. The maximum atomic E-state index is 13.6. The molecule has 3 unspecified atom stereocenters. The highest BCUT2D eigenvalue weighted by Crippen LogP contribution is 2.46. The number of hydrogen-bond acceptors (Lipinski definition) is 3. The van der Waals surface area contributed by atoms with Gasteiger partial charge in [-0.15, -0.1) is 0 Å². The van der Waals surface area contributed by atoms with Crippen LogP contribution in [0.15, 0.2) is 89.5 Å². The second-order valence-corrected chi connectivity index (χ2v) is 10.5. The smallest absolute Gasteiger partial charge is 0.267 e. The molecule has 0 aromatic heterocycles. The summed E-state index contributed by atoms with van der Waals surface area (Å²) in [6, 6.07) is 23.0. The van der Waals surface area contributed by atoms with Crippen molar-refractivity contribution in [2.75, 3.05) is 7.11 Å². The van der Waals surface area contributed by atoms with Crippen molar-refractivity contribution in [3.05, 3.63) is 111 Å². The fourth-order valence-corrected chi connectivity index (χ4v) is 5.44. The van der Waals surface area contributed by atoms with E-state index in [4.69, 9.17) is 33.0 Å². The number of ether oxygens (including phenoxy) is 1. The lowest BCUT2D eigenvalue weighted by atomic mass is 9.73. The highest BCUT2D eigenvalue weighted by molar-refractivity contribution is 6.30.